The Hall–Kier alpha value is -1.84. The molecule has 1 aromatic heterocycles. The first-order chi connectivity index (χ1) is 12.2. The van der Waals surface area contributed by atoms with Crippen LogP contribution in [0.15, 0.2) is 28.6 Å². The smallest absolute Gasteiger partial charge is 0.234 e. The zero-order valence-corrected chi connectivity index (χ0v) is 15.5. The summed E-state index contributed by atoms with van der Waals surface area (Å²) in [5.74, 6) is 0.885. The average Bonchev–Trinajstić information content (AvgIpc) is 3.30. The Bertz CT molecular complexity index is 704. The molecule has 1 fully saturated rings. The lowest BCUT2D eigenvalue weighted by Gasteiger charge is -2.08. The number of rotatable bonds is 8. The molecule has 1 aromatic carbocycles. The number of nitrogens with one attached hydrogen (secondary N) is 2. The Morgan fingerprint density at radius 1 is 1.48 bits per heavy atom. The highest BCUT2D eigenvalue weighted by molar-refractivity contribution is 8.01. The summed E-state index contributed by atoms with van der Waals surface area (Å²) in [4.78, 5) is 12.0. The number of amides is 1. The SMILES string of the molecule is COc1cccc(NC(=O)CSc2nnc(NCC3CCCO3)s2)c1. The fraction of sp³-hybridized carbons (Fsp3) is 0.438. The molecular formula is C16H20N4O3S2. The number of thioether (sulfide) groups is 1. The molecule has 9 heteroatoms. The van der Waals surface area contributed by atoms with Crippen molar-refractivity contribution in [3.05, 3.63) is 24.3 Å². The van der Waals surface area contributed by atoms with Gasteiger partial charge in [-0.25, -0.2) is 0 Å². The quantitative estimate of drug-likeness (QED) is 0.681. The van der Waals surface area contributed by atoms with Crippen LogP contribution in [-0.2, 0) is 9.53 Å². The number of aromatic nitrogens is 2. The fourth-order valence-electron chi connectivity index (χ4n) is 2.37. The number of hydrogen-bond donors (Lipinski definition) is 2. The summed E-state index contributed by atoms with van der Waals surface area (Å²) in [5, 5.41) is 15.0. The van der Waals surface area contributed by atoms with Crippen molar-refractivity contribution in [3.63, 3.8) is 0 Å². The van der Waals surface area contributed by atoms with Crippen LogP contribution in [0.3, 0.4) is 0 Å². The van der Waals surface area contributed by atoms with E-state index >= 15 is 0 Å². The van der Waals surface area contributed by atoms with Gasteiger partial charge < -0.3 is 20.1 Å². The van der Waals surface area contributed by atoms with Crippen molar-refractivity contribution >= 4 is 39.8 Å². The second kappa shape index (κ2) is 9.02. The molecule has 0 saturated carbocycles. The summed E-state index contributed by atoms with van der Waals surface area (Å²) >= 11 is 2.81. The van der Waals surface area contributed by atoms with Gasteiger partial charge in [-0.05, 0) is 25.0 Å². The maximum Gasteiger partial charge on any atom is 0.234 e. The third-order valence-corrected chi connectivity index (χ3v) is 5.61. The van der Waals surface area contributed by atoms with Crippen LogP contribution in [0.2, 0.25) is 0 Å². The van der Waals surface area contributed by atoms with E-state index in [1.807, 2.05) is 18.2 Å². The van der Waals surface area contributed by atoms with Crippen LogP contribution in [0.5, 0.6) is 5.75 Å². The molecule has 1 saturated heterocycles. The minimum Gasteiger partial charge on any atom is -0.497 e. The van der Waals surface area contributed by atoms with E-state index in [-0.39, 0.29) is 17.8 Å². The molecule has 2 N–H and O–H groups in total. The van der Waals surface area contributed by atoms with Gasteiger partial charge in [0.05, 0.1) is 19.0 Å². The van der Waals surface area contributed by atoms with E-state index in [9.17, 15) is 4.79 Å². The molecule has 3 rings (SSSR count). The van der Waals surface area contributed by atoms with Crippen LogP contribution in [0.25, 0.3) is 0 Å². The summed E-state index contributed by atoms with van der Waals surface area (Å²) in [6.07, 6.45) is 2.46. The van der Waals surface area contributed by atoms with E-state index in [1.54, 1.807) is 13.2 Å². The molecule has 2 aromatic rings. The van der Waals surface area contributed by atoms with E-state index in [2.05, 4.69) is 20.8 Å². The van der Waals surface area contributed by atoms with Gasteiger partial charge in [0.25, 0.3) is 0 Å². The van der Waals surface area contributed by atoms with E-state index in [1.165, 1.54) is 23.1 Å². The van der Waals surface area contributed by atoms with Gasteiger partial charge in [0.2, 0.25) is 11.0 Å². The standard InChI is InChI=1S/C16H20N4O3S2/c1-22-12-5-2-4-11(8-12)18-14(21)10-24-16-20-19-15(25-16)17-9-13-6-3-7-23-13/h2,4-5,8,13H,3,6-7,9-10H2,1H3,(H,17,19)(H,18,21). The van der Waals surface area contributed by atoms with Gasteiger partial charge in [0.1, 0.15) is 5.75 Å². The molecule has 0 bridgehead atoms. The van der Waals surface area contributed by atoms with E-state index in [0.717, 1.165) is 35.5 Å². The van der Waals surface area contributed by atoms with Gasteiger partial charge >= 0.3 is 0 Å². The first-order valence-corrected chi connectivity index (χ1v) is 9.79. The Balaban J connectivity index is 1.42. The molecule has 2 heterocycles. The van der Waals surface area contributed by atoms with E-state index in [0.29, 0.717) is 11.4 Å². The summed E-state index contributed by atoms with van der Waals surface area (Å²) in [5.41, 5.74) is 0.709. The van der Waals surface area contributed by atoms with E-state index < -0.39 is 0 Å². The number of hydrogen-bond acceptors (Lipinski definition) is 8. The zero-order valence-electron chi connectivity index (χ0n) is 13.9. The lowest BCUT2D eigenvalue weighted by Crippen LogP contribution is -2.18. The predicted octanol–water partition coefficient (Wildman–Crippen LogP) is 2.87. The van der Waals surface area contributed by atoms with Crippen LogP contribution in [0, 0.1) is 0 Å². The summed E-state index contributed by atoms with van der Waals surface area (Å²) in [6.45, 7) is 1.58. The maximum absolute atomic E-state index is 12.0. The highest BCUT2D eigenvalue weighted by Crippen LogP contribution is 2.26. The first kappa shape index (κ1) is 18.0. The van der Waals surface area contributed by atoms with Crippen molar-refractivity contribution in [2.45, 2.75) is 23.3 Å². The van der Waals surface area contributed by atoms with Crippen molar-refractivity contribution < 1.29 is 14.3 Å². The normalized spacial score (nSPS) is 16.6. The minimum atomic E-state index is -0.0951. The molecule has 0 radical (unpaired) electrons. The van der Waals surface area contributed by atoms with Gasteiger partial charge in [0, 0.05) is 24.9 Å². The van der Waals surface area contributed by atoms with Gasteiger partial charge in [-0.2, -0.15) is 0 Å². The Labute approximate surface area is 154 Å². The maximum atomic E-state index is 12.0. The average molecular weight is 380 g/mol. The third kappa shape index (κ3) is 5.58. The number of nitrogens with zero attached hydrogens (tertiary/aromatic N) is 2. The summed E-state index contributed by atoms with van der Waals surface area (Å²) in [7, 11) is 1.59. The lowest BCUT2D eigenvalue weighted by molar-refractivity contribution is -0.113. The number of carbonyl (C=O) groups excluding carboxylic acids is 1. The lowest BCUT2D eigenvalue weighted by atomic mass is 10.2. The second-order valence-corrected chi connectivity index (χ2v) is 7.66. The highest BCUT2D eigenvalue weighted by atomic mass is 32.2. The van der Waals surface area contributed by atoms with Crippen LogP contribution in [0.4, 0.5) is 10.8 Å². The topological polar surface area (TPSA) is 85.4 Å². The molecule has 1 aliphatic heterocycles. The molecule has 1 amide bonds. The molecule has 134 valence electrons. The molecule has 1 unspecified atom stereocenters. The largest absolute Gasteiger partial charge is 0.497 e. The molecule has 0 spiro atoms. The number of carbonyl (C=O) groups is 1. The van der Waals surface area contributed by atoms with Gasteiger partial charge in [0.15, 0.2) is 4.34 Å². The Kier molecular flexibility index (Phi) is 6.48. The molecule has 0 aliphatic carbocycles. The third-order valence-electron chi connectivity index (χ3n) is 3.59. The Morgan fingerprint density at radius 2 is 2.40 bits per heavy atom. The first-order valence-electron chi connectivity index (χ1n) is 7.98. The molecular weight excluding hydrogens is 360 g/mol. The van der Waals surface area contributed by atoms with E-state index in [4.69, 9.17) is 9.47 Å². The van der Waals surface area contributed by atoms with Crippen LogP contribution in [-0.4, -0.2) is 48.2 Å². The summed E-state index contributed by atoms with van der Waals surface area (Å²) in [6, 6.07) is 7.26. The highest BCUT2D eigenvalue weighted by Gasteiger charge is 2.16. The molecule has 1 atom stereocenters. The van der Waals surface area contributed by atoms with Gasteiger partial charge in [-0.1, -0.05) is 29.2 Å². The predicted molar refractivity (Wildman–Crippen MR) is 99.7 cm³/mol. The monoisotopic (exact) mass is 380 g/mol. The molecule has 25 heavy (non-hydrogen) atoms. The number of ether oxygens (including phenoxy) is 2. The van der Waals surface area contributed by atoms with Crippen LogP contribution < -0.4 is 15.4 Å². The van der Waals surface area contributed by atoms with Gasteiger partial charge in [-0.3, -0.25) is 4.79 Å². The van der Waals surface area contributed by atoms with Crippen LogP contribution >= 0.6 is 23.1 Å². The number of methoxy groups -OCH3 is 1. The van der Waals surface area contributed by atoms with Crippen molar-refractivity contribution in [2.75, 3.05) is 36.6 Å². The second-order valence-electron chi connectivity index (χ2n) is 5.46. The molecule has 1 aliphatic rings. The number of benzene rings is 1. The van der Waals surface area contributed by atoms with Crippen LogP contribution in [0.1, 0.15) is 12.8 Å². The molecule has 7 nitrogen and oxygen atoms in total. The van der Waals surface area contributed by atoms with Crippen molar-refractivity contribution in [3.8, 4) is 5.75 Å². The number of anilines is 2. The van der Waals surface area contributed by atoms with Crippen molar-refractivity contribution in [2.24, 2.45) is 0 Å². The Morgan fingerprint density at radius 3 is 3.20 bits per heavy atom. The van der Waals surface area contributed by atoms with Gasteiger partial charge in [-0.15, -0.1) is 10.2 Å². The fourth-order valence-corrected chi connectivity index (χ4v) is 3.93. The summed E-state index contributed by atoms with van der Waals surface area (Å²) < 4.78 is 11.5. The minimum absolute atomic E-state index is 0.0951. The van der Waals surface area contributed by atoms with Crippen molar-refractivity contribution in [1.82, 2.24) is 10.2 Å². The van der Waals surface area contributed by atoms with Crippen molar-refractivity contribution in [1.29, 1.82) is 0 Å². The zero-order chi connectivity index (χ0) is 17.5.